The SMILES string of the molecule is c1coc(COc2ncn[nH]2)c1. The van der Waals surface area contributed by atoms with Crippen molar-refractivity contribution < 1.29 is 9.15 Å². The molecule has 62 valence electrons. The molecule has 2 aromatic rings. The zero-order valence-corrected chi connectivity index (χ0v) is 6.23. The number of H-pyrrole nitrogens is 1. The van der Waals surface area contributed by atoms with E-state index in [1.165, 1.54) is 6.33 Å². The Labute approximate surface area is 68.4 Å². The lowest BCUT2D eigenvalue weighted by atomic mass is 10.5. The predicted molar refractivity (Wildman–Crippen MR) is 39.4 cm³/mol. The van der Waals surface area contributed by atoms with Crippen LogP contribution in [0, 0.1) is 0 Å². The van der Waals surface area contributed by atoms with E-state index in [0.29, 0.717) is 12.6 Å². The van der Waals surface area contributed by atoms with Crippen LogP contribution in [0.25, 0.3) is 0 Å². The molecule has 12 heavy (non-hydrogen) atoms. The second-order valence-corrected chi connectivity index (χ2v) is 2.16. The Kier molecular flexibility index (Phi) is 1.77. The van der Waals surface area contributed by atoms with Crippen molar-refractivity contribution in [3.05, 3.63) is 30.5 Å². The van der Waals surface area contributed by atoms with Gasteiger partial charge in [-0.15, -0.1) is 0 Å². The molecule has 2 rings (SSSR count). The van der Waals surface area contributed by atoms with Crippen molar-refractivity contribution in [3.8, 4) is 6.01 Å². The Balaban J connectivity index is 1.91. The first-order valence-corrected chi connectivity index (χ1v) is 3.46. The molecule has 0 aliphatic carbocycles. The Morgan fingerprint density at radius 2 is 2.58 bits per heavy atom. The lowest BCUT2D eigenvalue weighted by Crippen LogP contribution is -1.94. The fourth-order valence-electron chi connectivity index (χ4n) is 0.798. The molecule has 0 radical (unpaired) electrons. The predicted octanol–water partition coefficient (Wildman–Crippen LogP) is 0.977. The minimum absolute atomic E-state index is 0.363. The Hall–Kier alpha value is -1.78. The summed E-state index contributed by atoms with van der Waals surface area (Å²) in [5.41, 5.74) is 0. The van der Waals surface area contributed by atoms with Crippen molar-refractivity contribution in [3.63, 3.8) is 0 Å². The molecule has 5 heteroatoms. The first-order chi connectivity index (χ1) is 5.95. The summed E-state index contributed by atoms with van der Waals surface area (Å²) in [5, 5.41) is 6.20. The first-order valence-electron chi connectivity index (χ1n) is 3.46. The van der Waals surface area contributed by atoms with Crippen LogP contribution >= 0.6 is 0 Å². The summed E-state index contributed by atoms with van der Waals surface area (Å²) in [6.07, 6.45) is 2.98. The van der Waals surface area contributed by atoms with Crippen LogP contribution in [-0.4, -0.2) is 15.2 Å². The van der Waals surface area contributed by atoms with Gasteiger partial charge >= 0.3 is 6.01 Å². The van der Waals surface area contributed by atoms with E-state index in [0.717, 1.165) is 5.76 Å². The molecule has 0 saturated carbocycles. The van der Waals surface area contributed by atoms with Gasteiger partial charge in [-0.05, 0) is 12.1 Å². The van der Waals surface area contributed by atoms with Crippen molar-refractivity contribution in [2.75, 3.05) is 0 Å². The number of hydrogen-bond acceptors (Lipinski definition) is 4. The van der Waals surface area contributed by atoms with E-state index in [-0.39, 0.29) is 0 Å². The third-order valence-electron chi connectivity index (χ3n) is 1.32. The van der Waals surface area contributed by atoms with Crippen LogP contribution in [0.2, 0.25) is 0 Å². The highest BCUT2D eigenvalue weighted by molar-refractivity contribution is 4.98. The minimum atomic E-state index is 0.363. The summed E-state index contributed by atoms with van der Waals surface area (Å²) in [6.45, 7) is 0.363. The summed E-state index contributed by atoms with van der Waals surface area (Å²) in [6, 6.07) is 4.03. The van der Waals surface area contributed by atoms with Gasteiger partial charge in [0.15, 0.2) is 0 Å². The van der Waals surface area contributed by atoms with Gasteiger partial charge in [-0.2, -0.15) is 10.1 Å². The van der Waals surface area contributed by atoms with E-state index in [1.54, 1.807) is 12.3 Å². The summed E-state index contributed by atoms with van der Waals surface area (Å²) >= 11 is 0. The number of nitrogens with one attached hydrogen (secondary N) is 1. The zero-order valence-electron chi connectivity index (χ0n) is 6.23. The lowest BCUT2D eigenvalue weighted by molar-refractivity contribution is 0.251. The maximum absolute atomic E-state index is 5.17. The van der Waals surface area contributed by atoms with Crippen LogP contribution in [0.15, 0.2) is 29.1 Å². The highest BCUT2D eigenvalue weighted by atomic mass is 16.5. The van der Waals surface area contributed by atoms with Crippen LogP contribution in [0.1, 0.15) is 5.76 Å². The highest BCUT2D eigenvalue weighted by Gasteiger charge is 1.98. The standard InChI is InChI=1S/C7H7N3O2/c1-2-6(11-3-1)4-12-7-8-5-9-10-7/h1-3,5H,4H2,(H,8,9,10). The molecule has 0 atom stereocenters. The van der Waals surface area contributed by atoms with Crippen LogP contribution in [-0.2, 0) is 6.61 Å². The molecule has 0 fully saturated rings. The zero-order chi connectivity index (χ0) is 8.23. The number of furan rings is 1. The minimum Gasteiger partial charge on any atom is -0.466 e. The van der Waals surface area contributed by atoms with Crippen LogP contribution < -0.4 is 4.74 Å². The molecular weight excluding hydrogens is 158 g/mol. The topological polar surface area (TPSA) is 63.9 Å². The van der Waals surface area contributed by atoms with Gasteiger partial charge in [-0.3, -0.25) is 0 Å². The molecule has 0 unspecified atom stereocenters. The molecule has 0 aromatic carbocycles. The molecule has 0 saturated heterocycles. The molecule has 2 aromatic heterocycles. The van der Waals surface area contributed by atoms with Gasteiger partial charge in [0, 0.05) is 0 Å². The van der Waals surface area contributed by atoms with E-state index in [2.05, 4.69) is 15.2 Å². The van der Waals surface area contributed by atoms with Crippen LogP contribution in [0.4, 0.5) is 0 Å². The third-order valence-corrected chi connectivity index (χ3v) is 1.32. The van der Waals surface area contributed by atoms with E-state index < -0.39 is 0 Å². The van der Waals surface area contributed by atoms with Gasteiger partial charge < -0.3 is 9.15 Å². The fraction of sp³-hybridized carbons (Fsp3) is 0.143. The van der Waals surface area contributed by atoms with Gasteiger partial charge in [-0.1, -0.05) is 0 Å². The third kappa shape index (κ3) is 1.45. The lowest BCUT2D eigenvalue weighted by Gasteiger charge is -1.96. The molecule has 0 spiro atoms. The maximum Gasteiger partial charge on any atom is 0.312 e. The monoisotopic (exact) mass is 165 g/mol. The van der Waals surface area contributed by atoms with E-state index in [1.807, 2.05) is 6.07 Å². The maximum atomic E-state index is 5.17. The average molecular weight is 165 g/mol. The number of nitrogens with zero attached hydrogens (tertiary/aromatic N) is 2. The highest BCUT2D eigenvalue weighted by Crippen LogP contribution is 2.04. The molecule has 1 N–H and O–H groups in total. The van der Waals surface area contributed by atoms with Gasteiger partial charge in [0.2, 0.25) is 0 Å². The second kappa shape index (κ2) is 3.08. The molecule has 0 aliphatic rings. The Morgan fingerprint density at radius 3 is 3.25 bits per heavy atom. The van der Waals surface area contributed by atoms with Gasteiger partial charge in [-0.25, -0.2) is 5.10 Å². The molecule has 0 aliphatic heterocycles. The average Bonchev–Trinajstić information content (AvgIpc) is 2.74. The van der Waals surface area contributed by atoms with E-state index >= 15 is 0 Å². The quantitative estimate of drug-likeness (QED) is 0.736. The summed E-state index contributed by atoms with van der Waals surface area (Å²) < 4.78 is 10.2. The first kappa shape index (κ1) is 6.90. The van der Waals surface area contributed by atoms with Crippen molar-refractivity contribution in [2.45, 2.75) is 6.61 Å². The summed E-state index contributed by atoms with van der Waals surface area (Å²) in [4.78, 5) is 3.79. The Morgan fingerprint density at radius 1 is 1.58 bits per heavy atom. The largest absolute Gasteiger partial charge is 0.466 e. The smallest absolute Gasteiger partial charge is 0.312 e. The van der Waals surface area contributed by atoms with Crippen LogP contribution in [0.5, 0.6) is 6.01 Å². The number of rotatable bonds is 3. The number of hydrogen-bond donors (Lipinski definition) is 1. The number of aromatic amines is 1. The van der Waals surface area contributed by atoms with E-state index in [4.69, 9.17) is 9.15 Å². The second-order valence-electron chi connectivity index (χ2n) is 2.16. The van der Waals surface area contributed by atoms with Crippen LogP contribution in [0.3, 0.4) is 0 Å². The number of aromatic nitrogens is 3. The van der Waals surface area contributed by atoms with Gasteiger partial charge in [0.1, 0.15) is 18.7 Å². The Bertz CT molecular complexity index is 280. The molecule has 0 bridgehead atoms. The molecule has 5 nitrogen and oxygen atoms in total. The number of ether oxygens (including phenoxy) is 1. The molecule has 0 amide bonds. The molecule has 2 heterocycles. The summed E-state index contributed by atoms with van der Waals surface area (Å²) in [7, 11) is 0. The van der Waals surface area contributed by atoms with Gasteiger partial charge in [0.25, 0.3) is 0 Å². The normalized spacial score (nSPS) is 10.0. The fourth-order valence-corrected chi connectivity index (χ4v) is 0.798. The van der Waals surface area contributed by atoms with Crippen molar-refractivity contribution >= 4 is 0 Å². The van der Waals surface area contributed by atoms with E-state index in [9.17, 15) is 0 Å². The molecular formula is C7H7N3O2. The van der Waals surface area contributed by atoms with Crippen molar-refractivity contribution in [2.24, 2.45) is 0 Å². The van der Waals surface area contributed by atoms with Crippen molar-refractivity contribution in [1.82, 2.24) is 15.2 Å². The van der Waals surface area contributed by atoms with Gasteiger partial charge in [0.05, 0.1) is 6.26 Å². The van der Waals surface area contributed by atoms with Crippen molar-refractivity contribution in [1.29, 1.82) is 0 Å². The summed E-state index contributed by atoms with van der Waals surface area (Å²) in [5.74, 6) is 0.756.